The number of hydrogen-bond acceptors (Lipinski definition) is 6. The van der Waals surface area contributed by atoms with Crippen LogP contribution in [0.5, 0.6) is 0 Å². The summed E-state index contributed by atoms with van der Waals surface area (Å²) in [6.45, 7) is 7.01. The Morgan fingerprint density at radius 2 is 2.24 bits per heavy atom. The molecule has 0 aliphatic carbocycles. The fourth-order valence-corrected chi connectivity index (χ4v) is 2.26. The van der Waals surface area contributed by atoms with Gasteiger partial charge in [0.2, 0.25) is 0 Å². The van der Waals surface area contributed by atoms with Gasteiger partial charge in [0.1, 0.15) is 17.7 Å². The molecule has 0 aromatic carbocycles. The molecule has 0 unspecified atom stereocenters. The highest BCUT2D eigenvalue weighted by molar-refractivity contribution is 5.68. The van der Waals surface area contributed by atoms with Crippen LogP contribution in [0.1, 0.15) is 20.8 Å². The maximum absolute atomic E-state index is 12.1. The molecule has 1 aromatic rings. The summed E-state index contributed by atoms with van der Waals surface area (Å²) >= 11 is 0. The summed E-state index contributed by atoms with van der Waals surface area (Å²) in [7, 11) is 0. The Balaban J connectivity index is 2.03. The monoisotopic (exact) mass is 294 g/mol. The van der Waals surface area contributed by atoms with Crippen LogP contribution < -0.4 is 4.90 Å². The van der Waals surface area contributed by atoms with Gasteiger partial charge in [0, 0.05) is 25.8 Å². The van der Waals surface area contributed by atoms with Crippen molar-refractivity contribution in [2.24, 2.45) is 0 Å². The first-order valence-electron chi connectivity index (χ1n) is 7.02. The predicted molar refractivity (Wildman–Crippen MR) is 78.1 cm³/mol. The van der Waals surface area contributed by atoms with E-state index in [1.807, 2.05) is 25.7 Å². The van der Waals surface area contributed by atoms with Crippen LogP contribution in [0.25, 0.3) is 0 Å². The number of rotatable bonds is 2. The van der Waals surface area contributed by atoms with Gasteiger partial charge in [-0.3, -0.25) is 0 Å². The molecule has 116 valence electrons. The topological polar surface area (TPSA) is 78.8 Å². The second-order valence-corrected chi connectivity index (χ2v) is 6.02. The summed E-state index contributed by atoms with van der Waals surface area (Å²) in [6.07, 6.45) is 2.80. The van der Waals surface area contributed by atoms with Gasteiger partial charge in [-0.1, -0.05) is 0 Å². The van der Waals surface area contributed by atoms with E-state index >= 15 is 0 Å². The number of piperazine rings is 1. The summed E-state index contributed by atoms with van der Waals surface area (Å²) in [5, 5.41) is 9.59. The molecule has 21 heavy (non-hydrogen) atoms. The third-order valence-electron chi connectivity index (χ3n) is 3.21. The maximum Gasteiger partial charge on any atom is 0.410 e. The lowest BCUT2D eigenvalue weighted by Crippen LogP contribution is -2.57. The predicted octanol–water partition coefficient (Wildman–Crippen LogP) is 0.895. The van der Waals surface area contributed by atoms with Gasteiger partial charge in [-0.25, -0.2) is 14.8 Å². The van der Waals surface area contributed by atoms with Gasteiger partial charge in [-0.15, -0.1) is 0 Å². The van der Waals surface area contributed by atoms with E-state index in [0.29, 0.717) is 19.6 Å². The zero-order valence-electron chi connectivity index (χ0n) is 12.7. The number of carbonyl (C=O) groups excluding carboxylic acids is 1. The molecule has 0 saturated carbocycles. The van der Waals surface area contributed by atoms with Crippen molar-refractivity contribution in [1.29, 1.82) is 0 Å². The molecule has 1 amide bonds. The van der Waals surface area contributed by atoms with Crippen molar-refractivity contribution in [2.45, 2.75) is 32.4 Å². The van der Waals surface area contributed by atoms with Crippen LogP contribution in [0.2, 0.25) is 0 Å². The Bertz CT molecular complexity index is 475. The molecule has 7 nitrogen and oxygen atoms in total. The molecule has 1 N–H and O–H groups in total. The molecule has 0 spiro atoms. The van der Waals surface area contributed by atoms with E-state index in [1.54, 1.807) is 17.2 Å². The second kappa shape index (κ2) is 6.26. The number of aromatic nitrogens is 2. The molecule has 0 bridgehead atoms. The fraction of sp³-hybridized carbons (Fsp3) is 0.643. The standard InChI is InChI=1S/C14H22N4O3/c1-14(2,3)21-13(20)17-6-7-18(11(8-17)9-19)12-4-5-15-10-16-12/h4-5,10-11,19H,6-9H2,1-3H3/t11-/m1/s1. The largest absolute Gasteiger partial charge is 0.444 e. The van der Waals surface area contributed by atoms with E-state index in [2.05, 4.69) is 9.97 Å². The van der Waals surface area contributed by atoms with Crippen molar-refractivity contribution in [3.05, 3.63) is 18.6 Å². The number of aliphatic hydroxyl groups is 1. The smallest absolute Gasteiger partial charge is 0.410 e. The number of aliphatic hydroxyl groups excluding tert-OH is 1. The summed E-state index contributed by atoms with van der Waals surface area (Å²) < 4.78 is 5.37. The molecule has 2 heterocycles. The molecule has 2 rings (SSSR count). The second-order valence-electron chi connectivity index (χ2n) is 6.02. The number of carbonyl (C=O) groups is 1. The average molecular weight is 294 g/mol. The molecule has 1 aliphatic heterocycles. The Morgan fingerprint density at radius 3 is 2.81 bits per heavy atom. The van der Waals surface area contributed by atoms with Gasteiger partial charge in [0.05, 0.1) is 12.6 Å². The van der Waals surface area contributed by atoms with E-state index in [9.17, 15) is 9.90 Å². The summed E-state index contributed by atoms with van der Waals surface area (Å²) in [6, 6.07) is 1.60. The quantitative estimate of drug-likeness (QED) is 0.873. The first-order chi connectivity index (χ1) is 9.90. The highest BCUT2D eigenvalue weighted by Gasteiger charge is 2.32. The molecule has 1 aromatic heterocycles. The van der Waals surface area contributed by atoms with Crippen LogP contribution in [0, 0.1) is 0 Å². The lowest BCUT2D eigenvalue weighted by atomic mass is 10.1. The van der Waals surface area contributed by atoms with E-state index in [0.717, 1.165) is 5.82 Å². The van der Waals surface area contributed by atoms with E-state index in [4.69, 9.17) is 4.74 Å². The van der Waals surface area contributed by atoms with E-state index in [1.165, 1.54) is 6.33 Å². The number of ether oxygens (including phenoxy) is 1. The number of anilines is 1. The van der Waals surface area contributed by atoms with Gasteiger partial charge >= 0.3 is 6.09 Å². The van der Waals surface area contributed by atoms with Crippen LogP contribution in [-0.4, -0.2) is 64.0 Å². The van der Waals surface area contributed by atoms with Crippen LogP contribution in [0.3, 0.4) is 0 Å². The van der Waals surface area contributed by atoms with Crippen LogP contribution in [0.4, 0.5) is 10.6 Å². The van der Waals surface area contributed by atoms with Crippen molar-refractivity contribution in [3.63, 3.8) is 0 Å². The average Bonchev–Trinajstić information content (AvgIpc) is 2.45. The molecular weight excluding hydrogens is 272 g/mol. The van der Waals surface area contributed by atoms with Gasteiger partial charge in [0.25, 0.3) is 0 Å². The highest BCUT2D eigenvalue weighted by atomic mass is 16.6. The molecule has 1 aliphatic rings. The van der Waals surface area contributed by atoms with Gasteiger partial charge in [0.15, 0.2) is 0 Å². The summed E-state index contributed by atoms with van der Waals surface area (Å²) in [4.78, 5) is 23.8. The van der Waals surface area contributed by atoms with Crippen molar-refractivity contribution < 1.29 is 14.6 Å². The fourth-order valence-electron chi connectivity index (χ4n) is 2.26. The molecule has 1 fully saturated rings. The van der Waals surface area contributed by atoms with Gasteiger partial charge in [-0.2, -0.15) is 0 Å². The minimum absolute atomic E-state index is 0.0523. The Morgan fingerprint density at radius 1 is 1.48 bits per heavy atom. The van der Waals surface area contributed by atoms with E-state index in [-0.39, 0.29) is 18.7 Å². The first kappa shape index (κ1) is 15.5. The lowest BCUT2D eigenvalue weighted by Gasteiger charge is -2.41. The number of nitrogens with zero attached hydrogens (tertiary/aromatic N) is 4. The van der Waals surface area contributed by atoms with Crippen molar-refractivity contribution in [2.75, 3.05) is 31.1 Å². The number of amides is 1. The van der Waals surface area contributed by atoms with Crippen LogP contribution in [0.15, 0.2) is 18.6 Å². The van der Waals surface area contributed by atoms with Gasteiger partial charge < -0.3 is 19.6 Å². The van der Waals surface area contributed by atoms with Crippen molar-refractivity contribution in [1.82, 2.24) is 14.9 Å². The third-order valence-corrected chi connectivity index (χ3v) is 3.21. The zero-order valence-corrected chi connectivity index (χ0v) is 12.7. The molecule has 1 saturated heterocycles. The number of hydrogen-bond donors (Lipinski definition) is 1. The lowest BCUT2D eigenvalue weighted by molar-refractivity contribution is 0.0197. The minimum Gasteiger partial charge on any atom is -0.444 e. The molecular formula is C14H22N4O3. The third kappa shape index (κ3) is 4.04. The SMILES string of the molecule is CC(C)(C)OC(=O)N1CCN(c2ccncn2)[C@@H](CO)C1. The minimum atomic E-state index is -0.518. The van der Waals surface area contributed by atoms with E-state index < -0.39 is 5.60 Å². The first-order valence-corrected chi connectivity index (χ1v) is 7.02. The Hall–Kier alpha value is -1.89. The summed E-state index contributed by atoms with van der Waals surface area (Å²) in [5.74, 6) is 0.757. The van der Waals surface area contributed by atoms with Crippen LogP contribution >= 0.6 is 0 Å². The van der Waals surface area contributed by atoms with Crippen LogP contribution in [-0.2, 0) is 4.74 Å². The molecule has 1 atom stereocenters. The van der Waals surface area contributed by atoms with Crippen molar-refractivity contribution >= 4 is 11.9 Å². The maximum atomic E-state index is 12.1. The summed E-state index contributed by atoms with van der Waals surface area (Å²) in [5.41, 5.74) is -0.518. The zero-order chi connectivity index (χ0) is 15.5. The Kier molecular flexibility index (Phi) is 4.62. The highest BCUT2D eigenvalue weighted by Crippen LogP contribution is 2.19. The molecule has 7 heteroatoms. The normalized spacial score (nSPS) is 19.5. The Labute approximate surface area is 124 Å². The van der Waals surface area contributed by atoms with Crippen molar-refractivity contribution in [3.8, 4) is 0 Å². The van der Waals surface area contributed by atoms with Gasteiger partial charge in [-0.05, 0) is 26.8 Å². The molecule has 0 radical (unpaired) electrons.